The fourth-order valence-corrected chi connectivity index (χ4v) is 2.74. The van der Waals surface area contributed by atoms with Gasteiger partial charge in [-0.15, -0.1) is 0 Å². The lowest BCUT2D eigenvalue weighted by Gasteiger charge is -2.18. The smallest absolute Gasteiger partial charge is 0.317 e. The summed E-state index contributed by atoms with van der Waals surface area (Å²) in [5.74, 6) is 0.185. The van der Waals surface area contributed by atoms with Crippen molar-refractivity contribution in [3.63, 3.8) is 0 Å². The topological polar surface area (TPSA) is 61.8 Å². The molecule has 0 aromatic heterocycles. The number of ether oxygens (including phenoxy) is 1. The third-order valence-electron chi connectivity index (χ3n) is 3.87. The Balaban J connectivity index is 1.60. The fraction of sp³-hybridized carbons (Fsp3) is 0.562. The summed E-state index contributed by atoms with van der Waals surface area (Å²) in [6, 6.07) is 7.43. The second kappa shape index (κ2) is 8.36. The van der Waals surface area contributed by atoms with E-state index in [2.05, 4.69) is 5.32 Å². The lowest BCUT2D eigenvalue weighted by atomic mass is 10.0. The number of likely N-dealkylation sites (tertiary alicyclic amines) is 1. The van der Waals surface area contributed by atoms with Gasteiger partial charge in [0.25, 0.3) is 0 Å². The molecule has 0 saturated carbocycles. The number of nitrogens with one attached hydrogen (secondary N) is 1. The van der Waals surface area contributed by atoms with Crippen LogP contribution in [0.25, 0.3) is 0 Å². The Labute approximate surface area is 136 Å². The number of hydrogen-bond donors (Lipinski definition) is 2. The highest BCUT2D eigenvalue weighted by molar-refractivity contribution is 6.30. The highest BCUT2D eigenvalue weighted by atomic mass is 35.5. The maximum atomic E-state index is 12.0. The van der Waals surface area contributed by atoms with Gasteiger partial charge in [0.15, 0.2) is 0 Å². The minimum absolute atomic E-state index is 0.0884. The number of aliphatic hydroxyl groups is 1. The molecule has 1 aromatic rings. The van der Waals surface area contributed by atoms with Crippen molar-refractivity contribution >= 4 is 17.6 Å². The van der Waals surface area contributed by atoms with Gasteiger partial charge in [-0.25, -0.2) is 4.79 Å². The number of halogens is 1. The van der Waals surface area contributed by atoms with Crippen LogP contribution in [-0.4, -0.2) is 48.4 Å². The first-order valence-electron chi connectivity index (χ1n) is 7.59. The Morgan fingerprint density at radius 1 is 1.59 bits per heavy atom. The van der Waals surface area contributed by atoms with Gasteiger partial charge in [0.1, 0.15) is 0 Å². The largest absolute Gasteiger partial charge is 0.393 e. The van der Waals surface area contributed by atoms with Gasteiger partial charge in [-0.3, -0.25) is 0 Å². The average molecular weight is 327 g/mol. The number of hydrogen-bond acceptors (Lipinski definition) is 3. The Bertz CT molecular complexity index is 496. The Kier molecular flexibility index (Phi) is 6.49. The van der Waals surface area contributed by atoms with Crippen LogP contribution in [0.1, 0.15) is 18.9 Å². The van der Waals surface area contributed by atoms with E-state index < -0.39 is 0 Å². The number of aliphatic hydroxyl groups excluding tert-OH is 1. The van der Waals surface area contributed by atoms with E-state index in [4.69, 9.17) is 16.3 Å². The molecule has 1 aliphatic rings. The third kappa shape index (κ3) is 5.16. The van der Waals surface area contributed by atoms with Gasteiger partial charge in [-0.05, 0) is 31.0 Å². The second-order valence-corrected chi connectivity index (χ2v) is 6.09. The molecular weight excluding hydrogens is 304 g/mol. The average Bonchev–Trinajstić information content (AvgIpc) is 2.97. The zero-order valence-corrected chi connectivity index (χ0v) is 13.6. The molecule has 6 heteroatoms. The van der Waals surface area contributed by atoms with Gasteiger partial charge in [0.2, 0.25) is 0 Å². The zero-order valence-electron chi connectivity index (χ0n) is 12.8. The second-order valence-electron chi connectivity index (χ2n) is 5.65. The minimum Gasteiger partial charge on any atom is -0.393 e. The Hall–Kier alpha value is -1.30. The number of rotatable bonds is 6. The van der Waals surface area contributed by atoms with E-state index in [0.29, 0.717) is 37.9 Å². The van der Waals surface area contributed by atoms with Gasteiger partial charge in [0, 0.05) is 30.6 Å². The monoisotopic (exact) mass is 326 g/mol. The predicted octanol–water partition coefficient (Wildman–Crippen LogP) is 2.27. The number of carbonyl (C=O) groups is 1. The van der Waals surface area contributed by atoms with Crippen molar-refractivity contribution in [2.75, 3.05) is 26.2 Å². The van der Waals surface area contributed by atoms with E-state index in [-0.39, 0.29) is 18.1 Å². The van der Waals surface area contributed by atoms with Crippen molar-refractivity contribution in [1.29, 1.82) is 0 Å². The quantitative estimate of drug-likeness (QED) is 0.788. The van der Waals surface area contributed by atoms with E-state index in [1.807, 2.05) is 24.3 Å². The van der Waals surface area contributed by atoms with Crippen molar-refractivity contribution < 1.29 is 14.6 Å². The van der Waals surface area contributed by atoms with Crippen LogP contribution >= 0.6 is 11.6 Å². The predicted molar refractivity (Wildman–Crippen MR) is 85.9 cm³/mol. The van der Waals surface area contributed by atoms with Crippen LogP contribution < -0.4 is 5.32 Å². The first kappa shape index (κ1) is 17.1. The fourth-order valence-electron chi connectivity index (χ4n) is 2.52. The highest BCUT2D eigenvalue weighted by Gasteiger charge is 2.28. The first-order valence-corrected chi connectivity index (χ1v) is 7.97. The molecule has 2 amide bonds. The van der Waals surface area contributed by atoms with E-state index in [1.54, 1.807) is 11.8 Å². The molecule has 1 aliphatic heterocycles. The molecule has 0 aliphatic carbocycles. The highest BCUT2D eigenvalue weighted by Crippen LogP contribution is 2.19. The molecule has 2 atom stereocenters. The van der Waals surface area contributed by atoms with Crippen LogP contribution in [0.4, 0.5) is 4.79 Å². The van der Waals surface area contributed by atoms with E-state index in [9.17, 15) is 9.90 Å². The van der Waals surface area contributed by atoms with Crippen molar-refractivity contribution in [3.8, 4) is 0 Å². The van der Waals surface area contributed by atoms with Gasteiger partial charge >= 0.3 is 6.03 Å². The van der Waals surface area contributed by atoms with E-state index in [1.165, 1.54) is 0 Å². The summed E-state index contributed by atoms with van der Waals surface area (Å²) in [7, 11) is 0. The molecule has 122 valence electrons. The zero-order chi connectivity index (χ0) is 15.9. The first-order chi connectivity index (χ1) is 10.6. The van der Waals surface area contributed by atoms with Crippen LogP contribution in [0.3, 0.4) is 0 Å². The summed E-state index contributed by atoms with van der Waals surface area (Å²) in [5, 5.41) is 13.1. The van der Waals surface area contributed by atoms with Crippen molar-refractivity contribution in [2.45, 2.75) is 26.1 Å². The molecule has 2 rings (SSSR count). The number of carbonyl (C=O) groups excluding carboxylic acids is 1. The molecular formula is C16H23ClN2O3. The molecule has 1 aromatic carbocycles. The van der Waals surface area contributed by atoms with Crippen LogP contribution in [0, 0.1) is 5.92 Å². The van der Waals surface area contributed by atoms with E-state index >= 15 is 0 Å². The van der Waals surface area contributed by atoms with Crippen LogP contribution in [0.15, 0.2) is 24.3 Å². The third-order valence-corrected chi connectivity index (χ3v) is 4.11. The van der Waals surface area contributed by atoms with Crippen LogP contribution in [-0.2, 0) is 11.3 Å². The lowest BCUT2D eigenvalue weighted by molar-refractivity contribution is 0.119. The van der Waals surface area contributed by atoms with Gasteiger partial charge < -0.3 is 20.1 Å². The molecule has 22 heavy (non-hydrogen) atoms. The molecule has 1 saturated heterocycles. The van der Waals surface area contributed by atoms with Gasteiger partial charge in [0.05, 0.1) is 19.3 Å². The lowest BCUT2D eigenvalue weighted by Crippen LogP contribution is -2.40. The van der Waals surface area contributed by atoms with Crippen LogP contribution in [0.5, 0.6) is 0 Å². The maximum absolute atomic E-state index is 12.0. The summed E-state index contributed by atoms with van der Waals surface area (Å²) in [5.41, 5.74) is 1.01. The molecule has 0 spiro atoms. The number of benzene rings is 1. The summed E-state index contributed by atoms with van der Waals surface area (Å²) >= 11 is 5.90. The molecule has 2 N–H and O–H groups in total. The van der Waals surface area contributed by atoms with Crippen LogP contribution in [0.2, 0.25) is 5.02 Å². The van der Waals surface area contributed by atoms with Gasteiger partial charge in [-0.2, -0.15) is 0 Å². The SMILES string of the molecule is C[C@@H](O)[C@@H]1CCN(C(=O)NCCOCc2cccc(Cl)c2)C1. The molecule has 0 radical (unpaired) electrons. The standard InChI is InChI=1S/C16H23ClN2O3/c1-12(20)14-5-7-19(10-14)16(21)18-6-8-22-11-13-3-2-4-15(17)9-13/h2-4,9,12,14,20H,5-8,10-11H2,1H3,(H,18,21)/t12-,14-/m1/s1. The minimum atomic E-state index is -0.362. The molecule has 0 unspecified atom stereocenters. The van der Waals surface area contributed by atoms with Crippen molar-refractivity contribution in [1.82, 2.24) is 10.2 Å². The number of amides is 2. The Morgan fingerprint density at radius 3 is 3.09 bits per heavy atom. The molecule has 1 heterocycles. The summed E-state index contributed by atoms with van der Waals surface area (Å²) < 4.78 is 5.52. The van der Waals surface area contributed by atoms with Gasteiger partial charge in [-0.1, -0.05) is 23.7 Å². The maximum Gasteiger partial charge on any atom is 0.317 e. The molecule has 1 fully saturated rings. The molecule has 0 bridgehead atoms. The normalized spacial score (nSPS) is 19.2. The summed E-state index contributed by atoms with van der Waals surface area (Å²) in [4.78, 5) is 13.7. The summed E-state index contributed by atoms with van der Waals surface area (Å²) in [6.45, 7) is 4.48. The number of urea groups is 1. The van der Waals surface area contributed by atoms with Crippen molar-refractivity contribution in [3.05, 3.63) is 34.9 Å². The van der Waals surface area contributed by atoms with Crippen molar-refractivity contribution in [2.24, 2.45) is 5.92 Å². The number of nitrogens with zero attached hydrogens (tertiary/aromatic N) is 1. The molecule has 5 nitrogen and oxygen atoms in total. The Morgan fingerprint density at radius 2 is 2.41 bits per heavy atom. The summed E-state index contributed by atoms with van der Waals surface area (Å²) in [6.07, 6.45) is 0.495. The van der Waals surface area contributed by atoms with E-state index in [0.717, 1.165) is 12.0 Å².